The largest absolute Gasteiger partial charge is 0.394 e. The quantitative estimate of drug-likeness (QED) is 0.419. The van der Waals surface area contributed by atoms with Gasteiger partial charge in [0, 0.05) is 0 Å². The van der Waals surface area contributed by atoms with Crippen LogP contribution in [0.2, 0.25) is 0 Å². The molecule has 0 aliphatic heterocycles. The Labute approximate surface area is 108 Å². The van der Waals surface area contributed by atoms with Crippen LogP contribution in [0.1, 0.15) is 19.4 Å². The molecule has 0 saturated carbocycles. The molecule has 0 N–H and O–H groups in total. The highest BCUT2D eigenvalue weighted by atomic mass is 16.6. The summed E-state index contributed by atoms with van der Waals surface area (Å²) < 4.78 is 4.50. The number of likely N-dealkylation sites (N-methyl/N-ethyl adjacent to an activating group) is 1. The predicted molar refractivity (Wildman–Crippen MR) is 69.0 cm³/mol. The summed E-state index contributed by atoms with van der Waals surface area (Å²) in [7, 11) is 0. The summed E-state index contributed by atoms with van der Waals surface area (Å²) in [5.41, 5.74) is 1.05. The van der Waals surface area contributed by atoms with Crippen LogP contribution >= 0.6 is 0 Å². The van der Waals surface area contributed by atoms with Crippen molar-refractivity contribution < 1.29 is 14.3 Å². The Kier molecular flexibility index (Phi) is 6.08. The van der Waals surface area contributed by atoms with Crippen LogP contribution in [0.3, 0.4) is 0 Å². The van der Waals surface area contributed by atoms with Crippen LogP contribution in [0.15, 0.2) is 30.3 Å². The Hall–Kier alpha value is -1.68. The minimum atomic E-state index is -0.488. The second-order valence-corrected chi connectivity index (χ2v) is 3.96. The Bertz CT molecular complexity index is 374. The molecule has 18 heavy (non-hydrogen) atoms. The lowest BCUT2D eigenvalue weighted by atomic mass is 10.0. The van der Waals surface area contributed by atoms with Gasteiger partial charge in [-0.3, -0.25) is 9.69 Å². The third-order valence-electron chi connectivity index (χ3n) is 2.96. The molecule has 0 fully saturated rings. The SMILES string of the molecule is CCN(CC)C(Cc1ccccc1)C(=O)OC=O. The molecule has 1 aromatic carbocycles. The summed E-state index contributed by atoms with van der Waals surface area (Å²) in [6.45, 7) is 5.64. The maximum atomic E-state index is 11.8. The fraction of sp³-hybridized carbons (Fsp3) is 0.429. The van der Waals surface area contributed by atoms with Crippen molar-refractivity contribution in [2.75, 3.05) is 13.1 Å². The zero-order chi connectivity index (χ0) is 13.4. The van der Waals surface area contributed by atoms with Gasteiger partial charge in [-0.25, -0.2) is 4.79 Å². The van der Waals surface area contributed by atoms with Gasteiger partial charge in [0.2, 0.25) is 0 Å². The molecule has 0 radical (unpaired) electrons. The van der Waals surface area contributed by atoms with E-state index in [2.05, 4.69) is 4.74 Å². The van der Waals surface area contributed by atoms with Gasteiger partial charge >= 0.3 is 12.4 Å². The zero-order valence-corrected chi connectivity index (χ0v) is 10.8. The van der Waals surface area contributed by atoms with Crippen molar-refractivity contribution in [2.45, 2.75) is 26.3 Å². The lowest BCUT2D eigenvalue weighted by Gasteiger charge is -2.27. The van der Waals surface area contributed by atoms with E-state index in [1.165, 1.54) is 0 Å². The van der Waals surface area contributed by atoms with Crippen LogP contribution in [0.4, 0.5) is 0 Å². The highest BCUT2D eigenvalue weighted by Crippen LogP contribution is 2.10. The topological polar surface area (TPSA) is 46.6 Å². The summed E-state index contributed by atoms with van der Waals surface area (Å²) in [5, 5.41) is 0. The van der Waals surface area contributed by atoms with Gasteiger partial charge in [0.05, 0.1) is 0 Å². The first kappa shape index (κ1) is 14.4. The molecule has 0 amide bonds. The molecular weight excluding hydrogens is 230 g/mol. The first-order valence-corrected chi connectivity index (χ1v) is 6.15. The molecule has 0 spiro atoms. The lowest BCUT2D eigenvalue weighted by Crippen LogP contribution is -2.43. The molecule has 1 atom stereocenters. The third kappa shape index (κ3) is 3.96. The number of esters is 1. The van der Waals surface area contributed by atoms with E-state index >= 15 is 0 Å². The standard InChI is InChI=1S/C14H19NO3/c1-3-15(4-2)13(14(17)18-11-16)10-12-8-6-5-7-9-12/h5-9,11,13H,3-4,10H2,1-2H3. The molecule has 0 heterocycles. The highest BCUT2D eigenvalue weighted by Gasteiger charge is 2.25. The van der Waals surface area contributed by atoms with Crippen LogP contribution < -0.4 is 0 Å². The van der Waals surface area contributed by atoms with Gasteiger partial charge in [0.1, 0.15) is 6.04 Å². The first-order valence-electron chi connectivity index (χ1n) is 6.15. The van der Waals surface area contributed by atoms with Crippen LogP contribution in [0.5, 0.6) is 0 Å². The van der Waals surface area contributed by atoms with Crippen molar-refractivity contribution in [3.05, 3.63) is 35.9 Å². The molecule has 0 saturated heterocycles. The summed E-state index contributed by atoms with van der Waals surface area (Å²) in [6, 6.07) is 9.31. The second-order valence-electron chi connectivity index (χ2n) is 3.96. The fourth-order valence-corrected chi connectivity index (χ4v) is 1.99. The third-order valence-corrected chi connectivity index (χ3v) is 2.96. The van der Waals surface area contributed by atoms with E-state index in [0.29, 0.717) is 6.42 Å². The minimum absolute atomic E-state index is 0.198. The lowest BCUT2D eigenvalue weighted by molar-refractivity contribution is -0.156. The molecule has 1 aromatic rings. The van der Waals surface area contributed by atoms with Crippen molar-refractivity contribution in [1.82, 2.24) is 4.90 Å². The minimum Gasteiger partial charge on any atom is -0.394 e. The molecule has 4 nitrogen and oxygen atoms in total. The number of carbonyl (C=O) groups excluding carboxylic acids is 2. The number of hydrogen-bond donors (Lipinski definition) is 0. The van der Waals surface area contributed by atoms with E-state index in [1.54, 1.807) is 0 Å². The summed E-state index contributed by atoms with van der Waals surface area (Å²) in [4.78, 5) is 24.1. The number of rotatable bonds is 7. The number of nitrogens with zero attached hydrogens (tertiary/aromatic N) is 1. The average Bonchev–Trinajstić information content (AvgIpc) is 2.40. The molecule has 0 aliphatic carbocycles. The molecule has 98 valence electrons. The van der Waals surface area contributed by atoms with Crippen LogP contribution in [-0.4, -0.2) is 36.5 Å². The summed E-state index contributed by atoms with van der Waals surface area (Å²) in [6.07, 6.45) is 0.551. The maximum absolute atomic E-state index is 11.8. The van der Waals surface area contributed by atoms with Gasteiger partial charge in [0.15, 0.2) is 0 Å². The van der Waals surface area contributed by atoms with E-state index in [4.69, 9.17) is 0 Å². The first-order chi connectivity index (χ1) is 8.72. The number of hydrogen-bond acceptors (Lipinski definition) is 4. The molecule has 4 heteroatoms. The molecule has 0 bridgehead atoms. The van der Waals surface area contributed by atoms with Crippen molar-refractivity contribution in [2.24, 2.45) is 0 Å². The normalized spacial score (nSPS) is 12.2. The van der Waals surface area contributed by atoms with E-state index in [-0.39, 0.29) is 6.47 Å². The Morgan fingerprint density at radius 3 is 2.39 bits per heavy atom. The average molecular weight is 249 g/mol. The fourth-order valence-electron chi connectivity index (χ4n) is 1.99. The number of carbonyl (C=O) groups is 2. The van der Waals surface area contributed by atoms with Crippen LogP contribution in [-0.2, 0) is 20.7 Å². The van der Waals surface area contributed by atoms with E-state index in [0.717, 1.165) is 18.7 Å². The monoisotopic (exact) mass is 249 g/mol. The Balaban J connectivity index is 2.83. The zero-order valence-electron chi connectivity index (χ0n) is 10.8. The summed E-state index contributed by atoms with van der Waals surface area (Å²) in [5.74, 6) is -0.488. The van der Waals surface area contributed by atoms with Gasteiger partial charge in [-0.15, -0.1) is 0 Å². The van der Waals surface area contributed by atoms with Crippen molar-refractivity contribution >= 4 is 12.4 Å². The molecule has 0 aliphatic rings. The van der Waals surface area contributed by atoms with Gasteiger partial charge in [-0.1, -0.05) is 44.2 Å². The predicted octanol–water partition coefficient (Wildman–Crippen LogP) is 1.64. The maximum Gasteiger partial charge on any atom is 0.331 e. The Morgan fingerprint density at radius 1 is 1.28 bits per heavy atom. The van der Waals surface area contributed by atoms with Crippen LogP contribution in [0.25, 0.3) is 0 Å². The van der Waals surface area contributed by atoms with E-state index < -0.39 is 12.0 Å². The molecule has 0 aromatic heterocycles. The van der Waals surface area contributed by atoms with Gasteiger partial charge in [0.25, 0.3) is 0 Å². The van der Waals surface area contributed by atoms with Gasteiger partial charge in [-0.2, -0.15) is 0 Å². The van der Waals surface area contributed by atoms with E-state index in [1.807, 2.05) is 49.1 Å². The highest BCUT2D eigenvalue weighted by molar-refractivity contribution is 5.81. The second kappa shape index (κ2) is 7.61. The van der Waals surface area contributed by atoms with Gasteiger partial charge in [-0.05, 0) is 25.1 Å². The summed E-state index contributed by atoms with van der Waals surface area (Å²) >= 11 is 0. The number of benzene rings is 1. The van der Waals surface area contributed by atoms with Crippen molar-refractivity contribution in [3.8, 4) is 0 Å². The smallest absolute Gasteiger partial charge is 0.331 e. The van der Waals surface area contributed by atoms with Crippen molar-refractivity contribution in [1.29, 1.82) is 0 Å². The molecular formula is C14H19NO3. The van der Waals surface area contributed by atoms with Crippen LogP contribution in [0, 0.1) is 0 Å². The van der Waals surface area contributed by atoms with Gasteiger partial charge < -0.3 is 4.74 Å². The Morgan fingerprint density at radius 2 is 1.89 bits per heavy atom. The molecule has 1 rings (SSSR count). The number of ether oxygens (including phenoxy) is 1. The van der Waals surface area contributed by atoms with Crippen molar-refractivity contribution in [3.63, 3.8) is 0 Å². The van der Waals surface area contributed by atoms with E-state index in [9.17, 15) is 9.59 Å². The molecule has 1 unspecified atom stereocenters.